The summed E-state index contributed by atoms with van der Waals surface area (Å²) in [5, 5.41) is 19.1. The van der Waals surface area contributed by atoms with E-state index in [0.29, 0.717) is 24.2 Å². The van der Waals surface area contributed by atoms with Gasteiger partial charge in [0.2, 0.25) is 0 Å². The molecule has 1 aliphatic heterocycles. The van der Waals surface area contributed by atoms with Gasteiger partial charge in [-0.3, -0.25) is 4.90 Å². The van der Waals surface area contributed by atoms with Crippen molar-refractivity contribution in [2.45, 2.75) is 45.3 Å². The first-order valence-electron chi connectivity index (χ1n) is 10.6. The highest BCUT2D eigenvalue weighted by Gasteiger charge is 2.24. The molecule has 6 heteroatoms. The molecule has 3 rings (SSSR count). The second-order valence-corrected chi connectivity index (χ2v) is 7.85. The summed E-state index contributed by atoms with van der Waals surface area (Å²) in [5.74, 6) is -2.51. The number of benzene rings is 2. The standard InChI is InChI=1S/C21H28N2.C4H4O4/c1-17(2)23(21-12-13-22-15-21)16-20-11-7-6-10-19(20)14-18-8-4-3-5-9-18;5-3(6)1-2-4(7)8/h3-11,17,21-22H,12-16H2,1-2H3;1-2H,(H,5,6)(H,7,8)/t21-;/m0./s1. The Kier molecular flexibility index (Phi) is 9.94. The van der Waals surface area contributed by atoms with Gasteiger partial charge >= 0.3 is 11.9 Å². The first-order chi connectivity index (χ1) is 14.9. The number of nitrogens with zero attached hydrogens (tertiary/aromatic N) is 1. The van der Waals surface area contributed by atoms with Crippen molar-refractivity contribution < 1.29 is 19.8 Å². The molecule has 0 bridgehead atoms. The van der Waals surface area contributed by atoms with Gasteiger partial charge in [0.25, 0.3) is 0 Å². The Morgan fingerprint density at radius 2 is 1.58 bits per heavy atom. The van der Waals surface area contributed by atoms with Gasteiger partial charge in [0.05, 0.1) is 0 Å². The molecule has 1 fully saturated rings. The summed E-state index contributed by atoms with van der Waals surface area (Å²) in [6, 6.07) is 21.0. The molecule has 6 nitrogen and oxygen atoms in total. The van der Waals surface area contributed by atoms with Crippen LogP contribution in [0.1, 0.15) is 37.0 Å². The number of nitrogens with one attached hydrogen (secondary N) is 1. The van der Waals surface area contributed by atoms with E-state index in [-0.39, 0.29) is 0 Å². The summed E-state index contributed by atoms with van der Waals surface area (Å²) in [6.45, 7) is 7.96. The molecule has 3 N–H and O–H groups in total. The van der Waals surface area contributed by atoms with Crippen LogP contribution in [-0.4, -0.2) is 52.2 Å². The van der Waals surface area contributed by atoms with Crippen LogP contribution in [0, 0.1) is 0 Å². The average molecular weight is 425 g/mol. The fourth-order valence-electron chi connectivity index (χ4n) is 3.70. The van der Waals surface area contributed by atoms with Crippen molar-refractivity contribution in [3.8, 4) is 0 Å². The predicted molar refractivity (Wildman–Crippen MR) is 122 cm³/mol. The summed E-state index contributed by atoms with van der Waals surface area (Å²) in [5.41, 5.74) is 4.31. The Morgan fingerprint density at radius 1 is 1.00 bits per heavy atom. The maximum Gasteiger partial charge on any atom is 0.328 e. The Labute approximate surface area is 184 Å². The van der Waals surface area contributed by atoms with Gasteiger partial charge in [-0.05, 0) is 49.9 Å². The number of hydrogen-bond acceptors (Lipinski definition) is 4. The van der Waals surface area contributed by atoms with E-state index in [0.717, 1.165) is 26.1 Å². The topological polar surface area (TPSA) is 89.9 Å². The van der Waals surface area contributed by atoms with Gasteiger partial charge in [-0.25, -0.2) is 9.59 Å². The maximum absolute atomic E-state index is 9.55. The molecule has 31 heavy (non-hydrogen) atoms. The zero-order chi connectivity index (χ0) is 22.6. The Hall–Kier alpha value is -2.96. The van der Waals surface area contributed by atoms with Gasteiger partial charge in [0.15, 0.2) is 0 Å². The molecular formula is C25H32N2O4. The van der Waals surface area contributed by atoms with Gasteiger partial charge in [-0.15, -0.1) is 0 Å². The molecule has 0 spiro atoms. The van der Waals surface area contributed by atoms with Crippen molar-refractivity contribution in [3.63, 3.8) is 0 Å². The number of aliphatic carboxylic acids is 2. The summed E-state index contributed by atoms with van der Waals surface area (Å²) in [6.07, 6.45) is 3.40. The van der Waals surface area contributed by atoms with Gasteiger partial charge in [-0.2, -0.15) is 0 Å². The molecule has 0 amide bonds. The van der Waals surface area contributed by atoms with Crippen molar-refractivity contribution in [2.75, 3.05) is 13.1 Å². The molecule has 2 aromatic carbocycles. The van der Waals surface area contributed by atoms with E-state index in [2.05, 4.69) is 78.7 Å². The van der Waals surface area contributed by atoms with Crippen molar-refractivity contribution >= 4 is 11.9 Å². The van der Waals surface area contributed by atoms with Crippen molar-refractivity contribution in [2.24, 2.45) is 0 Å². The zero-order valence-electron chi connectivity index (χ0n) is 18.2. The third kappa shape index (κ3) is 8.74. The van der Waals surface area contributed by atoms with Crippen molar-refractivity contribution in [3.05, 3.63) is 83.4 Å². The minimum atomic E-state index is -1.26. The van der Waals surface area contributed by atoms with Crippen LogP contribution < -0.4 is 5.32 Å². The van der Waals surface area contributed by atoms with E-state index in [1.165, 1.54) is 23.1 Å². The van der Waals surface area contributed by atoms with Crippen LogP contribution in [0.2, 0.25) is 0 Å². The summed E-state index contributed by atoms with van der Waals surface area (Å²) in [7, 11) is 0. The molecule has 0 unspecified atom stereocenters. The Bertz CT molecular complexity index is 843. The summed E-state index contributed by atoms with van der Waals surface area (Å²) >= 11 is 0. The lowest BCUT2D eigenvalue weighted by atomic mass is 9.98. The number of hydrogen-bond donors (Lipinski definition) is 3. The fraction of sp³-hybridized carbons (Fsp3) is 0.360. The molecule has 2 aromatic rings. The minimum absolute atomic E-state index is 0.558. The molecule has 0 saturated carbocycles. The highest BCUT2D eigenvalue weighted by Crippen LogP contribution is 2.21. The molecule has 1 aliphatic rings. The molecule has 0 aliphatic carbocycles. The van der Waals surface area contributed by atoms with E-state index < -0.39 is 11.9 Å². The lowest BCUT2D eigenvalue weighted by Crippen LogP contribution is -2.41. The van der Waals surface area contributed by atoms with Crippen molar-refractivity contribution in [1.82, 2.24) is 10.2 Å². The number of carboxylic acid groups (broad SMARTS) is 2. The van der Waals surface area contributed by atoms with E-state index in [1.807, 2.05) is 0 Å². The Morgan fingerprint density at radius 3 is 2.10 bits per heavy atom. The average Bonchev–Trinajstić information content (AvgIpc) is 3.27. The maximum atomic E-state index is 9.55. The second kappa shape index (κ2) is 12.7. The first kappa shape index (κ1) is 24.3. The lowest BCUT2D eigenvalue weighted by Gasteiger charge is -2.33. The third-order valence-electron chi connectivity index (χ3n) is 5.24. The molecule has 0 radical (unpaired) electrons. The molecule has 166 valence electrons. The highest BCUT2D eigenvalue weighted by atomic mass is 16.4. The van der Waals surface area contributed by atoms with Crippen LogP contribution >= 0.6 is 0 Å². The lowest BCUT2D eigenvalue weighted by molar-refractivity contribution is -0.134. The van der Waals surface area contributed by atoms with Gasteiger partial charge in [0.1, 0.15) is 0 Å². The monoisotopic (exact) mass is 424 g/mol. The van der Waals surface area contributed by atoms with Crippen LogP contribution in [0.25, 0.3) is 0 Å². The van der Waals surface area contributed by atoms with E-state index in [1.54, 1.807) is 0 Å². The predicted octanol–water partition coefficient (Wildman–Crippen LogP) is 3.56. The van der Waals surface area contributed by atoms with Crippen LogP contribution in [0.3, 0.4) is 0 Å². The fourth-order valence-corrected chi connectivity index (χ4v) is 3.70. The van der Waals surface area contributed by atoms with Crippen LogP contribution in [0.15, 0.2) is 66.7 Å². The number of carbonyl (C=O) groups is 2. The van der Waals surface area contributed by atoms with Gasteiger partial charge in [-0.1, -0.05) is 54.6 Å². The zero-order valence-corrected chi connectivity index (χ0v) is 18.2. The van der Waals surface area contributed by atoms with E-state index in [4.69, 9.17) is 10.2 Å². The summed E-state index contributed by atoms with van der Waals surface area (Å²) in [4.78, 5) is 21.8. The molecule has 0 aromatic heterocycles. The smallest absolute Gasteiger partial charge is 0.328 e. The van der Waals surface area contributed by atoms with Crippen LogP contribution in [0.4, 0.5) is 0 Å². The second-order valence-electron chi connectivity index (χ2n) is 7.85. The van der Waals surface area contributed by atoms with Crippen molar-refractivity contribution in [1.29, 1.82) is 0 Å². The van der Waals surface area contributed by atoms with Gasteiger partial charge < -0.3 is 15.5 Å². The minimum Gasteiger partial charge on any atom is -0.478 e. The molecule has 1 atom stereocenters. The van der Waals surface area contributed by atoms with Crippen LogP contribution in [-0.2, 0) is 22.6 Å². The largest absolute Gasteiger partial charge is 0.478 e. The van der Waals surface area contributed by atoms with Crippen LogP contribution in [0.5, 0.6) is 0 Å². The highest BCUT2D eigenvalue weighted by molar-refractivity contribution is 5.89. The number of carboxylic acids is 2. The quantitative estimate of drug-likeness (QED) is 0.562. The van der Waals surface area contributed by atoms with Gasteiger partial charge in [0, 0.05) is 37.3 Å². The van der Waals surface area contributed by atoms with E-state index >= 15 is 0 Å². The molecule has 1 heterocycles. The summed E-state index contributed by atoms with van der Waals surface area (Å²) < 4.78 is 0. The number of rotatable bonds is 8. The third-order valence-corrected chi connectivity index (χ3v) is 5.24. The molecule has 1 saturated heterocycles. The Balaban J connectivity index is 0.000000366. The van der Waals surface area contributed by atoms with E-state index in [9.17, 15) is 9.59 Å². The molecular weight excluding hydrogens is 392 g/mol. The SMILES string of the molecule is CC(C)N(Cc1ccccc1Cc1ccccc1)[C@H]1CCNC1.O=C(O)C=CC(=O)O. The normalized spacial score (nSPS) is 15.8. The first-order valence-corrected chi connectivity index (χ1v) is 10.6.